The van der Waals surface area contributed by atoms with Crippen LogP contribution in [0.2, 0.25) is 0 Å². The van der Waals surface area contributed by atoms with E-state index in [-0.39, 0.29) is 30.1 Å². The van der Waals surface area contributed by atoms with Crippen LogP contribution in [0.15, 0.2) is 54.7 Å². The Balaban J connectivity index is 1.21. The number of hydrogen-bond donors (Lipinski definition) is 0. The van der Waals surface area contributed by atoms with Gasteiger partial charge in [-0.2, -0.15) is 0 Å². The van der Waals surface area contributed by atoms with Crippen molar-refractivity contribution in [3.8, 4) is 0 Å². The van der Waals surface area contributed by atoms with E-state index in [9.17, 15) is 14.0 Å². The van der Waals surface area contributed by atoms with Crippen LogP contribution in [0.4, 0.5) is 4.39 Å². The van der Waals surface area contributed by atoms with Crippen LogP contribution in [-0.2, 0) is 30.7 Å². The molecule has 1 aromatic heterocycles. The topological polar surface area (TPSA) is 71.3 Å². The van der Waals surface area contributed by atoms with Crippen LogP contribution in [0.1, 0.15) is 40.0 Å². The Morgan fingerprint density at radius 3 is 2.64 bits per heavy atom. The molecule has 5 rings (SSSR count). The fraction of sp³-hybridized carbons (Fsp3) is 0.360. The maximum Gasteiger partial charge on any atom is 0.276 e. The Hall–Kier alpha value is -3.55. The van der Waals surface area contributed by atoms with Gasteiger partial charge in [0, 0.05) is 19.6 Å². The van der Waals surface area contributed by atoms with Crippen molar-refractivity contribution in [2.24, 2.45) is 0 Å². The van der Waals surface area contributed by atoms with E-state index in [2.05, 4.69) is 22.4 Å². The Bertz CT molecular complexity index is 1160. The molecule has 0 saturated carbocycles. The maximum atomic E-state index is 13.1. The first-order valence-electron chi connectivity index (χ1n) is 11.4. The first-order valence-corrected chi connectivity index (χ1v) is 11.4. The number of aromatic nitrogens is 3. The van der Waals surface area contributed by atoms with Gasteiger partial charge in [-0.15, -0.1) is 5.10 Å². The average molecular weight is 448 g/mol. The van der Waals surface area contributed by atoms with Crippen LogP contribution in [0.3, 0.4) is 0 Å². The summed E-state index contributed by atoms with van der Waals surface area (Å²) in [5, 5.41) is 8.28. The van der Waals surface area contributed by atoms with Crippen molar-refractivity contribution in [3.05, 3.63) is 82.9 Å². The first kappa shape index (κ1) is 21.3. The van der Waals surface area contributed by atoms with E-state index in [0.29, 0.717) is 31.9 Å². The van der Waals surface area contributed by atoms with Gasteiger partial charge in [0.2, 0.25) is 5.91 Å². The molecule has 2 amide bonds. The molecule has 0 N–H and O–H groups in total. The largest absolute Gasteiger partial charge is 0.338 e. The molecule has 3 aromatic rings. The summed E-state index contributed by atoms with van der Waals surface area (Å²) in [7, 11) is 0. The van der Waals surface area contributed by atoms with E-state index in [1.54, 1.807) is 23.0 Å². The summed E-state index contributed by atoms with van der Waals surface area (Å²) in [5.74, 6) is -0.408. The van der Waals surface area contributed by atoms with Crippen molar-refractivity contribution in [1.82, 2.24) is 24.8 Å². The summed E-state index contributed by atoms with van der Waals surface area (Å²) in [6.45, 7) is 2.43. The molecule has 0 spiro atoms. The standard InChI is InChI=1S/C25H26FN5O2/c26-21-9-7-18(8-10-21)14-24(32)31-12-3-6-22(31)16-30-17-23(27-28-30)25(33)29-13-11-19-4-1-2-5-20(19)15-29/h1-2,4-5,7-10,17,22H,3,6,11-16H2. The molecule has 33 heavy (non-hydrogen) atoms. The minimum absolute atomic E-state index is 0.00413. The van der Waals surface area contributed by atoms with Crippen molar-refractivity contribution in [3.63, 3.8) is 0 Å². The number of carbonyl (C=O) groups is 2. The zero-order valence-corrected chi connectivity index (χ0v) is 18.4. The van der Waals surface area contributed by atoms with Crippen molar-refractivity contribution >= 4 is 11.8 Å². The molecule has 1 saturated heterocycles. The van der Waals surface area contributed by atoms with Crippen LogP contribution < -0.4 is 0 Å². The quantitative estimate of drug-likeness (QED) is 0.603. The van der Waals surface area contributed by atoms with E-state index in [1.807, 2.05) is 21.9 Å². The summed E-state index contributed by atoms with van der Waals surface area (Å²) in [4.78, 5) is 29.5. The van der Waals surface area contributed by atoms with Crippen LogP contribution in [0.25, 0.3) is 0 Å². The molecule has 1 unspecified atom stereocenters. The van der Waals surface area contributed by atoms with Crippen LogP contribution >= 0.6 is 0 Å². The highest BCUT2D eigenvalue weighted by Crippen LogP contribution is 2.22. The monoisotopic (exact) mass is 447 g/mol. The second-order valence-electron chi connectivity index (χ2n) is 8.76. The van der Waals surface area contributed by atoms with E-state index >= 15 is 0 Å². The molecule has 1 fully saturated rings. The molecule has 2 aliphatic rings. The van der Waals surface area contributed by atoms with Gasteiger partial charge in [0.1, 0.15) is 5.82 Å². The molecule has 0 aliphatic carbocycles. The third-order valence-corrected chi connectivity index (χ3v) is 6.54. The third-order valence-electron chi connectivity index (χ3n) is 6.54. The minimum Gasteiger partial charge on any atom is -0.338 e. The molecule has 170 valence electrons. The zero-order chi connectivity index (χ0) is 22.8. The highest BCUT2D eigenvalue weighted by atomic mass is 19.1. The highest BCUT2D eigenvalue weighted by molar-refractivity contribution is 5.92. The van der Waals surface area contributed by atoms with Gasteiger partial charge in [-0.25, -0.2) is 9.07 Å². The maximum absolute atomic E-state index is 13.1. The third kappa shape index (κ3) is 4.65. The van der Waals surface area contributed by atoms with Gasteiger partial charge in [-0.1, -0.05) is 41.6 Å². The fourth-order valence-electron chi connectivity index (χ4n) is 4.76. The van der Waals surface area contributed by atoms with Crippen molar-refractivity contribution in [2.75, 3.05) is 13.1 Å². The molecule has 0 bridgehead atoms. The first-order chi connectivity index (χ1) is 16.1. The minimum atomic E-state index is -0.310. The number of likely N-dealkylation sites (tertiary alicyclic amines) is 1. The Labute approximate surface area is 191 Å². The SMILES string of the molecule is O=C(c1cn(CC2CCCN2C(=O)Cc2ccc(F)cc2)nn1)N1CCc2ccccc2C1. The van der Waals surface area contributed by atoms with Gasteiger partial charge >= 0.3 is 0 Å². The van der Waals surface area contributed by atoms with Gasteiger partial charge < -0.3 is 9.80 Å². The highest BCUT2D eigenvalue weighted by Gasteiger charge is 2.30. The predicted molar refractivity (Wildman–Crippen MR) is 120 cm³/mol. The van der Waals surface area contributed by atoms with Gasteiger partial charge in [-0.05, 0) is 48.1 Å². The van der Waals surface area contributed by atoms with E-state index in [4.69, 9.17) is 0 Å². The molecule has 0 radical (unpaired) electrons. The van der Waals surface area contributed by atoms with Gasteiger partial charge in [0.05, 0.1) is 25.2 Å². The lowest BCUT2D eigenvalue weighted by atomic mass is 10.00. The number of rotatable bonds is 5. The van der Waals surface area contributed by atoms with E-state index in [0.717, 1.165) is 24.8 Å². The molecule has 2 aliphatic heterocycles. The number of amides is 2. The molecule has 3 heterocycles. The Morgan fingerprint density at radius 1 is 1.03 bits per heavy atom. The lowest BCUT2D eigenvalue weighted by Gasteiger charge is -2.28. The van der Waals surface area contributed by atoms with E-state index < -0.39 is 0 Å². The molecule has 1 atom stereocenters. The Morgan fingerprint density at radius 2 is 1.82 bits per heavy atom. The molecular weight excluding hydrogens is 421 g/mol. The second-order valence-corrected chi connectivity index (χ2v) is 8.76. The van der Waals surface area contributed by atoms with Crippen LogP contribution in [0, 0.1) is 5.82 Å². The summed E-state index contributed by atoms with van der Waals surface area (Å²) < 4.78 is 14.8. The summed E-state index contributed by atoms with van der Waals surface area (Å²) >= 11 is 0. The molecule has 2 aromatic carbocycles. The summed E-state index contributed by atoms with van der Waals surface area (Å²) in [6.07, 6.45) is 4.57. The smallest absolute Gasteiger partial charge is 0.276 e. The van der Waals surface area contributed by atoms with Crippen LogP contribution in [-0.4, -0.2) is 55.7 Å². The average Bonchev–Trinajstić information content (AvgIpc) is 3.50. The van der Waals surface area contributed by atoms with Gasteiger partial charge in [0.15, 0.2) is 5.69 Å². The lowest BCUT2D eigenvalue weighted by molar-refractivity contribution is -0.131. The fourth-order valence-corrected chi connectivity index (χ4v) is 4.76. The zero-order valence-electron chi connectivity index (χ0n) is 18.4. The van der Waals surface area contributed by atoms with Crippen LogP contribution in [0.5, 0.6) is 0 Å². The number of carbonyl (C=O) groups excluding carboxylic acids is 2. The number of halogens is 1. The normalized spacial score (nSPS) is 17.8. The molecule has 7 nitrogen and oxygen atoms in total. The summed E-state index contributed by atoms with van der Waals surface area (Å²) in [6, 6.07) is 14.2. The predicted octanol–water partition coefficient (Wildman–Crippen LogP) is 2.85. The molecular formula is C25H26FN5O2. The second kappa shape index (κ2) is 9.13. The van der Waals surface area contributed by atoms with Crippen molar-refractivity contribution in [2.45, 2.75) is 44.8 Å². The molecule has 8 heteroatoms. The van der Waals surface area contributed by atoms with Gasteiger partial charge in [0.25, 0.3) is 5.91 Å². The number of nitrogens with zero attached hydrogens (tertiary/aromatic N) is 5. The Kier molecular flexibility index (Phi) is 5.90. The van der Waals surface area contributed by atoms with E-state index in [1.165, 1.54) is 23.3 Å². The van der Waals surface area contributed by atoms with Crippen molar-refractivity contribution < 1.29 is 14.0 Å². The van der Waals surface area contributed by atoms with Gasteiger partial charge in [-0.3, -0.25) is 9.59 Å². The number of fused-ring (bicyclic) bond motifs is 1. The summed E-state index contributed by atoms with van der Waals surface area (Å²) in [5.41, 5.74) is 3.59. The van der Waals surface area contributed by atoms with Crippen molar-refractivity contribution in [1.29, 1.82) is 0 Å². The number of benzene rings is 2. The number of hydrogen-bond acceptors (Lipinski definition) is 4. The lowest BCUT2D eigenvalue weighted by Crippen LogP contribution is -2.39.